The number of carboxylic acid groups (broad SMARTS) is 2. The summed E-state index contributed by atoms with van der Waals surface area (Å²) in [6, 6.07) is 10.9. The van der Waals surface area contributed by atoms with Crippen LogP contribution in [0.4, 0.5) is 11.4 Å². The first-order valence-electron chi connectivity index (χ1n) is 10.5. The van der Waals surface area contributed by atoms with E-state index in [1.807, 2.05) is 38.1 Å². The molecular formula is C25H39N5O4. The quantitative estimate of drug-likeness (QED) is 0.210. The Balaban J connectivity index is 0.000000649. The first kappa shape index (κ1) is 30.6. The topological polar surface area (TPSA) is 205 Å². The number of anilines is 2. The van der Waals surface area contributed by atoms with Crippen molar-refractivity contribution in [2.45, 2.75) is 58.7 Å². The third-order valence-corrected chi connectivity index (χ3v) is 4.95. The molecule has 0 heterocycles. The Morgan fingerprint density at radius 3 is 1.91 bits per heavy atom. The van der Waals surface area contributed by atoms with E-state index < -0.39 is 24.0 Å². The van der Waals surface area contributed by atoms with E-state index in [0.29, 0.717) is 23.4 Å². The molecule has 0 spiro atoms. The van der Waals surface area contributed by atoms with E-state index in [2.05, 4.69) is 6.08 Å². The van der Waals surface area contributed by atoms with Crippen LogP contribution in [0.1, 0.15) is 50.4 Å². The standard InChI is InChI=1S/C15H22N2O2.C9H13N3O2.CH4/c1-10(2)3-8-13(16)12-6-4-11(5-7-12)9-14(17)15(18)19;10-6-3-1-2-5(8(6)12)4-7(11)9(13)14;/h3-7,13-14H,8-9,16-17H2,1-2H3,(H,18,19);1-3,7H,4,10-12H2,(H,13,14);1H4. The Hall–Kier alpha value is -3.40. The summed E-state index contributed by atoms with van der Waals surface area (Å²) < 4.78 is 0. The minimum absolute atomic E-state index is 0. The first-order valence-corrected chi connectivity index (χ1v) is 10.5. The Labute approximate surface area is 201 Å². The van der Waals surface area contributed by atoms with Gasteiger partial charge >= 0.3 is 11.9 Å². The fourth-order valence-electron chi connectivity index (χ4n) is 2.88. The zero-order valence-electron chi connectivity index (χ0n) is 19.1. The predicted molar refractivity (Wildman–Crippen MR) is 138 cm³/mol. The molecule has 2 rings (SSSR count). The Bertz CT molecular complexity index is 956. The molecule has 188 valence electrons. The number of hydrogen-bond donors (Lipinski definition) is 7. The van der Waals surface area contributed by atoms with Crippen LogP contribution >= 0.6 is 0 Å². The second kappa shape index (κ2) is 14.7. The van der Waals surface area contributed by atoms with Crippen LogP contribution in [0.25, 0.3) is 0 Å². The molecule has 0 bridgehead atoms. The number of carbonyl (C=O) groups is 2. The lowest BCUT2D eigenvalue weighted by Gasteiger charge is -2.12. The maximum atomic E-state index is 10.7. The fraction of sp³-hybridized carbons (Fsp3) is 0.360. The molecule has 0 aliphatic carbocycles. The number of benzene rings is 2. The molecule has 34 heavy (non-hydrogen) atoms. The molecule has 0 fully saturated rings. The van der Waals surface area contributed by atoms with E-state index in [9.17, 15) is 9.59 Å². The molecule has 0 amide bonds. The molecule has 0 aliphatic heterocycles. The Morgan fingerprint density at radius 2 is 1.41 bits per heavy atom. The lowest BCUT2D eigenvalue weighted by atomic mass is 9.99. The SMILES string of the molecule is C.CC(C)=CCC(N)c1ccc(CC(N)C(=O)O)cc1.Nc1cccc(CC(N)C(=O)O)c1N. The van der Waals surface area contributed by atoms with Gasteiger partial charge in [-0.25, -0.2) is 0 Å². The highest BCUT2D eigenvalue weighted by molar-refractivity contribution is 5.75. The van der Waals surface area contributed by atoms with Crippen LogP contribution in [0.2, 0.25) is 0 Å². The summed E-state index contributed by atoms with van der Waals surface area (Å²) >= 11 is 0. The molecule has 0 radical (unpaired) electrons. The Kier molecular flexibility index (Phi) is 13.2. The molecule has 2 aromatic carbocycles. The molecule has 0 aromatic heterocycles. The van der Waals surface area contributed by atoms with Crippen LogP contribution in [0, 0.1) is 0 Å². The van der Waals surface area contributed by atoms with Gasteiger partial charge in [0, 0.05) is 12.5 Å². The van der Waals surface area contributed by atoms with Crippen molar-refractivity contribution in [2.75, 3.05) is 11.5 Å². The van der Waals surface area contributed by atoms with Crippen LogP contribution < -0.4 is 28.7 Å². The average molecular weight is 474 g/mol. The number of allylic oxidation sites excluding steroid dienone is 1. The highest BCUT2D eigenvalue weighted by Crippen LogP contribution is 2.20. The van der Waals surface area contributed by atoms with Crippen LogP contribution in [0.15, 0.2) is 54.1 Å². The number of rotatable bonds is 9. The zero-order chi connectivity index (χ0) is 25.1. The average Bonchev–Trinajstić information content (AvgIpc) is 2.76. The predicted octanol–water partition coefficient (Wildman–Crippen LogP) is 2.44. The lowest BCUT2D eigenvalue weighted by molar-refractivity contribution is -0.139. The van der Waals surface area contributed by atoms with Crippen molar-refractivity contribution in [3.8, 4) is 0 Å². The van der Waals surface area contributed by atoms with Crippen LogP contribution in [-0.4, -0.2) is 34.2 Å². The monoisotopic (exact) mass is 473 g/mol. The van der Waals surface area contributed by atoms with Gasteiger partial charge in [0.1, 0.15) is 12.1 Å². The van der Waals surface area contributed by atoms with Gasteiger partial charge in [0.2, 0.25) is 0 Å². The summed E-state index contributed by atoms with van der Waals surface area (Å²) in [5, 5.41) is 17.4. The van der Waals surface area contributed by atoms with Gasteiger partial charge in [0.25, 0.3) is 0 Å². The van der Waals surface area contributed by atoms with Gasteiger partial charge in [-0.15, -0.1) is 0 Å². The van der Waals surface area contributed by atoms with Crippen LogP contribution in [-0.2, 0) is 22.4 Å². The molecule has 12 N–H and O–H groups in total. The highest BCUT2D eigenvalue weighted by Gasteiger charge is 2.14. The second-order valence-corrected chi connectivity index (χ2v) is 8.08. The van der Waals surface area contributed by atoms with Crippen molar-refractivity contribution in [3.05, 3.63) is 70.8 Å². The maximum absolute atomic E-state index is 10.7. The number of carboxylic acids is 2. The fourth-order valence-corrected chi connectivity index (χ4v) is 2.88. The normalized spacial score (nSPS) is 12.7. The third kappa shape index (κ3) is 10.5. The molecule has 9 nitrogen and oxygen atoms in total. The smallest absolute Gasteiger partial charge is 0.320 e. The van der Waals surface area contributed by atoms with Gasteiger partial charge in [-0.1, -0.05) is 55.5 Å². The molecule has 3 atom stereocenters. The number of nitrogen functional groups attached to an aromatic ring is 2. The lowest BCUT2D eigenvalue weighted by Crippen LogP contribution is -2.32. The third-order valence-electron chi connectivity index (χ3n) is 4.95. The van der Waals surface area contributed by atoms with E-state index in [4.69, 9.17) is 38.9 Å². The molecule has 0 aliphatic rings. The zero-order valence-corrected chi connectivity index (χ0v) is 19.1. The summed E-state index contributed by atoms with van der Waals surface area (Å²) in [7, 11) is 0. The van der Waals surface area contributed by atoms with Gasteiger partial charge in [0.15, 0.2) is 0 Å². The first-order chi connectivity index (χ1) is 15.4. The second-order valence-electron chi connectivity index (χ2n) is 8.08. The summed E-state index contributed by atoms with van der Waals surface area (Å²) in [5.74, 6) is -2.03. The summed E-state index contributed by atoms with van der Waals surface area (Å²) in [5.41, 5.74) is 32.9. The highest BCUT2D eigenvalue weighted by atomic mass is 16.4. The van der Waals surface area contributed by atoms with Gasteiger partial charge in [-0.2, -0.15) is 0 Å². The Morgan fingerprint density at radius 1 is 0.882 bits per heavy atom. The van der Waals surface area contributed by atoms with Crippen molar-refractivity contribution in [2.24, 2.45) is 17.2 Å². The van der Waals surface area contributed by atoms with E-state index in [1.165, 1.54) is 5.57 Å². The summed E-state index contributed by atoms with van der Waals surface area (Å²) in [4.78, 5) is 21.2. The van der Waals surface area contributed by atoms with Gasteiger partial charge in [-0.3, -0.25) is 9.59 Å². The molecule has 0 saturated heterocycles. The van der Waals surface area contributed by atoms with Gasteiger partial charge < -0.3 is 38.9 Å². The van der Waals surface area contributed by atoms with E-state index in [1.54, 1.807) is 18.2 Å². The number of aliphatic carboxylic acids is 2. The van der Waals surface area contributed by atoms with Crippen molar-refractivity contribution >= 4 is 23.3 Å². The van der Waals surface area contributed by atoms with E-state index in [0.717, 1.165) is 17.5 Å². The number of hydrogen-bond acceptors (Lipinski definition) is 7. The largest absolute Gasteiger partial charge is 0.480 e. The van der Waals surface area contributed by atoms with Crippen molar-refractivity contribution in [1.82, 2.24) is 0 Å². The maximum Gasteiger partial charge on any atom is 0.320 e. The number of nitrogens with two attached hydrogens (primary N) is 5. The van der Waals surface area contributed by atoms with Gasteiger partial charge in [0.05, 0.1) is 11.4 Å². The van der Waals surface area contributed by atoms with Crippen LogP contribution in [0.3, 0.4) is 0 Å². The molecule has 2 aromatic rings. The minimum Gasteiger partial charge on any atom is -0.480 e. The molecule has 9 heteroatoms. The molecular weight excluding hydrogens is 434 g/mol. The van der Waals surface area contributed by atoms with Crippen molar-refractivity contribution in [1.29, 1.82) is 0 Å². The van der Waals surface area contributed by atoms with Crippen molar-refractivity contribution in [3.63, 3.8) is 0 Å². The summed E-state index contributed by atoms with van der Waals surface area (Å²) in [6.45, 7) is 4.09. The molecule has 3 unspecified atom stereocenters. The van der Waals surface area contributed by atoms with Crippen molar-refractivity contribution < 1.29 is 19.8 Å². The number of para-hydroxylation sites is 1. The van der Waals surface area contributed by atoms with Crippen LogP contribution in [0.5, 0.6) is 0 Å². The minimum atomic E-state index is -1.05. The van der Waals surface area contributed by atoms with E-state index in [-0.39, 0.29) is 19.9 Å². The van der Waals surface area contributed by atoms with Gasteiger partial charge in [-0.05, 0) is 49.4 Å². The van der Waals surface area contributed by atoms with E-state index >= 15 is 0 Å². The summed E-state index contributed by atoms with van der Waals surface area (Å²) in [6.07, 6.45) is 3.43. The molecule has 0 saturated carbocycles.